The highest BCUT2D eigenvalue weighted by Crippen LogP contribution is 2.15. The van der Waals surface area contributed by atoms with Gasteiger partial charge in [-0.3, -0.25) is 9.59 Å². The summed E-state index contributed by atoms with van der Waals surface area (Å²) < 4.78 is 0. The maximum atomic E-state index is 11.8. The molecule has 0 radical (unpaired) electrons. The Labute approximate surface area is 115 Å². The van der Waals surface area contributed by atoms with E-state index >= 15 is 0 Å². The lowest BCUT2D eigenvalue weighted by molar-refractivity contribution is -0.138. The fraction of sp³-hybridized carbons (Fsp3) is 0.857. The topological polar surface area (TPSA) is 92.4 Å². The van der Waals surface area contributed by atoms with Crippen LogP contribution in [0.3, 0.4) is 0 Å². The first-order valence-corrected chi connectivity index (χ1v) is 6.97. The smallest absolute Gasteiger partial charge is 0.303 e. The van der Waals surface area contributed by atoms with Crippen molar-refractivity contribution in [1.82, 2.24) is 5.32 Å². The summed E-state index contributed by atoms with van der Waals surface area (Å²) in [5.74, 6) is -0.274. The highest BCUT2D eigenvalue weighted by molar-refractivity contribution is 5.81. The summed E-state index contributed by atoms with van der Waals surface area (Å²) in [4.78, 5) is 22.5. The normalized spacial score (nSPS) is 14.5. The third-order valence-corrected chi connectivity index (χ3v) is 2.90. The van der Waals surface area contributed by atoms with E-state index in [1.54, 1.807) is 0 Å². The van der Waals surface area contributed by atoms with E-state index in [4.69, 9.17) is 10.8 Å². The number of nitrogens with two attached hydrogens (primary N) is 1. The number of hydrogen-bond acceptors (Lipinski definition) is 3. The average molecular weight is 272 g/mol. The van der Waals surface area contributed by atoms with Gasteiger partial charge in [0.25, 0.3) is 0 Å². The van der Waals surface area contributed by atoms with Gasteiger partial charge in [-0.15, -0.1) is 0 Å². The number of rotatable bonds is 9. The monoisotopic (exact) mass is 272 g/mol. The van der Waals surface area contributed by atoms with Gasteiger partial charge in [-0.2, -0.15) is 0 Å². The van der Waals surface area contributed by atoms with Gasteiger partial charge in [0.15, 0.2) is 0 Å². The van der Waals surface area contributed by atoms with E-state index in [-0.39, 0.29) is 18.2 Å². The number of aliphatic carboxylic acids is 1. The van der Waals surface area contributed by atoms with E-state index in [9.17, 15) is 9.59 Å². The minimum Gasteiger partial charge on any atom is -0.481 e. The third-order valence-electron chi connectivity index (χ3n) is 2.90. The molecule has 1 amide bonds. The number of amides is 1. The Morgan fingerprint density at radius 1 is 1.11 bits per heavy atom. The molecule has 0 saturated heterocycles. The molecule has 5 heteroatoms. The minimum atomic E-state index is -0.827. The van der Waals surface area contributed by atoms with Gasteiger partial charge in [0.2, 0.25) is 5.91 Å². The van der Waals surface area contributed by atoms with Crippen LogP contribution >= 0.6 is 0 Å². The molecule has 0 aromatic heterocycles. The second kappa shape index (κ2) is 8.91. The Kier molecular flexibility index (Phi) is 8.39. The van der Waals surface area contributed by atoms with Crippen LogP contribution in [0, 0.1) is 17.8 Å². The van der Waals surface area contributed by atoms with E-state index in [1.807, 2.05) is 27.7 Å². The van der Waals surface area contributed by atoms with Crippen LogP contribution in [0.1, 0.15) is 47.0 Å². The van der Waals surface area contributed by atoms with Gasteiger partial charge >= 0.3 is 5.97 Å². The van der Waals surface area contributed by atoms with Gasteiger partial charge < -0.3 is 16.2 Å². The Hall–Kier alpha value is -1.10. The lowest BCUT2D eigenvalue weighted by atomic mass is 9.94. The van der Waals surface area contributed by atoms with Crippen molar-refractivity contribution in [1.29, 1.82) is 0 Å². The van der Waals surface area contributed by atoms with Crippen molar-refractivity contribution in [2.45, 2.75) is 53.0 Å². The summed E-state index contributed by atoms with van der Waals surface area (Å²) in [5, 5.41) is 11.6. The zero-order valence-electron chi connectivity index (χ0n) is 12.5. The standard InChI is InChI=1S/C14H28N2O3/c1-9(2)5-11(7-13(17)18)8-16-14(19)12(15)6-10(3)4/h9-12H,5-8,15H2,1-4H3,(H,16,19)(H,17,18)/t11?,12-/m1/s1. The SMILES string of the molecule is CC(C)CC(CNC(=O)[C@H](N)CC(C)C)CC(=O)O. The summed E-state index contributed by atoms with van der Waals surface area (Å²) in [6.45, 7) is 8.50. The van der Waals surface area contributed by atoms with Crippen LogP contribution < -0.4 is 11.1 Å². The van der Waals surface area contributed by atoms with E-state index in [0.29, 0.717) is 24.8 Å². The van der Waals surface area contributed by atoms with E-state index < -0.39 is 12.0 Å². The highest BCUT2D eigenvalue weighted by Gasteiger charge is 2.19. The molecular formula is C14H28N2O3. The van der Waals surface area contributed by atoms with Gasteiger partial charge in [0.05, 0.1) is 6.04 Å². The van der Waals surface area contributed by atoms with Crippen LogP contribution in [0.25, 0.3) is 0 Å². The summed E-state index contributed by atoms with van der Waals surface area (Å²) in [7, 11) is 0. The molecule has 4 N–H and O–H groups in total. The summed E-state index contributed by atoms with van der Waals surface area (Å²) in [5.41, 5.74) is 5.78. The molecule has 0 aromatic rings. The van der Waals surface area contributed by atoms with Crippen molar-refractivity contribution in [3.05, 3.63) is 0 Å². The predicted molar refractivity (Wildman–Crippen MR) is 75.6 cm³/mol. The maximum Gasteiger partial charge on any atom is 0.303 e. The molecule has 0 heterocycles. The Balaban J connectivity index is 4.22. The first-order chi connectivity index (χ1) is 8.72. The second-order valence-corrected chi connectivity index (χ2v) is 6.07. The number of nitrogens with one attached hydrogen (secondary N) is 1. The van der Waals surface area contributed by atoms with E-state index in [0.717, 1.165) is 6.42 Å². The first-order valence-electron chi connectivity index (χ1n) is 6.97. The zero-order chi connectivity index (χ0) is 15.0. The molecule has 112 valence electrons. The highest BCUT2D eigenvalue weighted by atomic mass is 16.4. The van der Waals surface area contributed by atoms with Gasteiger partial charge in [-0.05, 0) is 30.6 Å². The van der Waals surface area contributed by atoms with E-state index in [1.165, 1.54) is 0 Å². The molecule has 0 spiro atoms. The fourth-order valence-corrected chi connectivity index (χ4v) is 2.14. The van der Waals surface area contributed by atoms with Crippen molar-refractivity contribution in [2.24, 2.45) is 23.5 Å². The first kappa shape index (κ1) is 17.9. The van der Waals surface area contributed by atoms with Crippen molar-refractivity contribution >= 4 is 11.9 Å². The molecule has 2 atom stereocenters. The van der Waals surface area contributed by atoms with Crippen LogP contribution in [-0.2, 0) is 9.59 Å². The van der Waals surface area contributed by atoms with Gasteiger partial charge in [-0.1, -0.05) is 27.7 Å². The summed E-state index contributed by atoms with van der Waals surface area (Å²) in [6.07, 6.45) is 1.50. The Bertz CT molecular complexity index is 290. The summed E-state index contributed by atoms with van der Waals surface area (Å²) >= 11 is 0. The molecule has 5 nitrogen and oxygen atoms in total. The Morgan fingerprint density at radius 2 is 1.63 bits per heavy atom. The fourth-order valence-electron chi connectivity index (χ4n) is 2.14. The second-order valence-electron chi connectivity index (χ2n) is 6.07. The molecule has 0 aromatic carbocycles. The molecule has 19 heavy (non-hydrogen) atoms. The van der Waals surface area contributed by atoms with Crippen LogP contribution in [-0.4, -0.2) is 29.6 Å². The molecule has 0 bridgehead atoms. The van der Waals surface area contributed by atoms with Crippen LogP contribution in [0.15, 0.2) is 0 Å². The molecule has 0 aliphatic carbocycles. The van der Waals surface area contributed by atoms with Crippen molar-refractivity contribution in [3.63, 3.8) is 0 Å². The van der Waals surface area contributed by atoms with Crippen LogP contribution in [0.4, 0.5) is 0 Å². The lowest BCUT2D eigenvalue weighted by Crippen LogP contribution is -2.43. The molecular weight excluding hydrogens is 244 g/mol. The number of carboxylic acid groups (broad SMARTS) is 1. The minimum absolute atomic E-state index is 0.0345. The number of carbonyl (C=O) groups excluding carboxylic acids is 1. The van der Waals surface area contributed by atoms with Crippen molar-refractivity contribution < 1.29 is 14.7 Å². The molecule has 0 aliphatic rings. The quantitative estimate of drug-likeness (QED) is 0.594. The molecule has 0 saturated carbocycles. The van der Waals surface area contributed by atoms with Crippen molar-refractivity contribution in [3.8, 4) is 0 Å². The summed E-state index contributed by atoms with van der Waals surface area (Å²) in [6, 6.07) is -0.510. The number of carbonyl (C=O) groups is 2. The number of hydrogen-bond donors (Lipinski definition) is 3. The van der Waals surface area contributed by atoms with Gasteiger partial charge in [0, 0.05) is 13.0 Å². The lowest BCUT2D eigenvalue weighted by Gasteiger charge is -2.20. The average Bonchev–Trinajstić information content (AvgIpc) is 2.22. The van der Waals surface area contributed by atoms with Crippen molar-refractivity contribution in [2.75, 3.05) is 6.54 Å². The largest absolute Gasteiger partial charge is 0.481 e. The third kappa shape index (κ3) is 9.47. The maximum absolute atomic E-state index is 11.8. The predicted octanol–water partition coefficient (Wildman–Crippen LogP) is 1.61. The molecule has 0 aliphatic heterocycles. The molecule has 0 fully saturated rings. The Morgan fingerprint density at radius 3 is 2.05 bits per heavy atom. The molecule has 1 unspecified atom stereocenters. The van der Waals surface area contributed by atoms with E-state index in [2.05, 4.69) is 5.32 Å². The van der Waals surface area contributed by atoms with Gasteiger partial charge in [0.1, 0.15) is 0 Å². The zero-order valence-corrected chi connectivity index (χ0v) is 12.5. The van der Waals surface area contributed by atoms with Gasteiger partial charge in [-0.25, -0.2) is 0 Å². The number of carboxylic acids is 1. The molecule has 0 rings (SSSR count). The van der Waals surface area contributed by atoms with Crippen LogP contribution in [0.5, 0.6) is 0 Å². The van der Waals surface area contributed by atoms with Crippen LogP contribution in [0.2, 0.25) is 0 Å².